The minimum Gasteiger partial charge on any atom is -0.496 e. The first-order valence-corrected chi connectivity index (χ1v) is 9.89. The summed E-state index contributed by atoms with van der Waals surface area (Å²) in [6, 6.07) is 16.8. The van der Waals surface area contributed by atoms with Crippen molar-refractivity contribution in [1.82, 2.24) is 9.97 Å². The number of fused-ring (bicyclic) bond motifs is 1. The van der Waals surface area contributed by atoms with Gasteiger partial charge in [0.2, 0.25) is 0 Å². The minimum atomic E-state index is -0.248. The van der Waals surface area contributed by atoms with Crippen molar-refractivity contribution in [2.24, 2.45) is 0 Å². The first-order chi connectivity index (χ1) is 14.1. The highest BCUT2D eigenvalue weighted by atomic mass is 32.1. The molecule has 0 spiro atoms. The quantitative estimate of drug-likeness (QED) is 0.523. The van der Waals surface area contributed by atoms with Crippen molar-refractivity contribution in [2.45, 2.75) is 13.3 Å². The number of aromatic nitrogens is 2. The Hall–Kier alpha value is -3.45. The molecule has 0 saturated carbocycles. The number of anilines is 1. The van der Waals surface area contributed by atoms with Crippen LogP contribution in [0, 0.1) is 6.92 Å². The zero-order chi connectivity index (χ0) is 20.4. The van der Waals surface area contributed by atoms with Crippen LogP contribution in [0.4, 0.5) is 5.69 Å². The van der Waals surface area contributed by atoms with E-state index >= 15 is 0 Å². The third-order valence-corrected chi connectivity index (χ3v) is 5.82. The molecule has 146 valence electrons. The maximum atomic E-state index is 12.7. The number of thiophene rings is 1. The van der Waals surface area contributed by atoms with Crippen LogP contribution in [-0.4, -0.2) is 23.0 Å². The van der Waals surface area contributed by atoms with Crippen LogP contribution in [0.1, 0.15) is 26.6 Å². The van der Waals surface area contributed by atoms with Gasteiger partial charge in [-0.05, 0) is 30.7 Å². The number of hydrogen-bond acceptors (Lipinski definition) is 5. The molecule has 0 aliphatic rings. The lowest BCUT2D eigenvalue weighted by molar-refractivity contribution is 0.103. The molecule has 2 aromatic carbocycles. The van der Waals surface area contributed by atoms with E-state index in [0.717, 1.165) is 11.3 Å². The molecule has 0 atom stereocenters. The molecule has 2 aromatic heterocycles. The lowest BCUT2D eigenvalue weighted by Gasteiger charge is -2.07. The first-order valence-electron chi connectivity index (χ1n) is 9.07. The highest BCUT2D eigenvalue weighted by Gasteiger charge is 2.20. The van der Waals surface area contributed by atoms with Gasteiger partial charge in [0.25, 0.3) is 11.5 Å². The van der Waals surface area contributed by atoms with Gasteiger partial charge in [-0.25, -0.2) is 4.98 Å². The van der Waals surface area contributed by atoms with Crippen molar-refractivity contribution in [2.75, 3.05) is 12.4 Å². The largest absolute Gasteiger partial charge is 0.496 e. The van der Waals surface area contributed by atoms with Gasteiger partial charge in [0.1, 0.15) is 16.4 Å². The number of nitrogens with one attached hydrogen (secondary N) is 2. The smallest absolute Gasteiger partial charge is 0.266 e. The highest BCUT2D eigenvalue weighted by Crippen LogP contribution is 2.28. The van der Waals surface area contributed by atoms with Crippen LogP contribution >= 0.6 is 11.3 Å². The van der Waals surface area contributed by atoms with E-state index in [0.29, 0.717) is 38.6 Å². The van der Waals surface area contributed by atoms with Gasteiger partial charge in [-0.1, -0.05) is 36.4 Å². The molecule has 0 aliphatic heterocycles. The summed E-state index contributed by atoms with van der Waals surface area (Å²) in [5, 5.41) is 3.32. The molecular formula is C22H19N3O3S. The minimum absolute atomic E-state index is 0.243. The zero-order valence-corrected chi connectivity index (χ0v) is 16.8. The van der Waals surface area contributed by atoms with Gasteiger partial charge in [-0.3, -0.25) is 9.59 Å². The molecule has 2 heterocycles. The fraction of sp³-hybridized carbons (Fsp3) is 0.136. The van der Waals surface area contributed by atoms with Gasteiger partial charge in [0.15, 0.2) is 0 Å². The van der Waals surface area contributed by atoms with Crippen LogP contribution in [0.25, 0.3) is 10.2 Å². The van der Waals surface area contributed by atoms with Gasteiger partial charge in [0.05, 0.1) is 17.4 Å². The van der Waals surface area contributed by atoms with E-state index in [2.05, 4.69) is 15.3 Å². The number of carbonyl (C=O) groups excluding carboxylic acids is 1. The number of ether oxygens (including phenoxy) is 1. The van der Waals surface area contributed by atoms with Gasteiger partial charge in [-0.2, -0.15) is 0 Å². The summed E-state index contributed by atoms with van der Waals surface area (Å²) in [6.07, 6.45) is 0.428. The molecule has 0 saturated heterocycles. The summed E-state index contributed by atoms with van der Waals surface area (Å²) in [6.45, 7) is 1.77. The van der Waals surface area contributed by atoms with Crippen molar-refractivity contribution in [3.63, 3.8) is 0 Å². The van der Waals surface area contributed by atoms with Crippen LogP contribution < -0.4 is 15.6 Å². The number of nitrogens with zero attached hydrogens (tertiary/aromatic N) is 1. The van der Waals surface area contributed by atoms with E-state index in [4.69, 9.17) is 4.74 Å². The average molecular weight is 405 g/mol. The van der Waals surface area contributed by atoms with E-state index in [9.17, 15) is 9.59 Å². The number of benzene rings is 2. The molecule has 0 fully saturated rings. The Bertz CT molecular complexity index is 1250. The monoisotopic (exact) mass is 405 g/mol. The molecule has 2 N–H and O–H groups in total. The van der Waals surface area contributed by atoms with Crippen molar-refractivity contribution in [3.8, 4) is 5.75 Å². The van der Waals surface area contributed by atoms with Crippen LogP contribution in [0.3, 0.4) is 0 Å². The predicted octanol–water partition coefficient (Wildman–Crippen LogP) is 4.14. The average Bonchev–Trinajstić information content (AvgIpc) is 3.06. The molecule has 0 aliphatic carbocycles. The fourth-order valence-corrected chi connectivity index (χ4v) is 4.32. The number of H-pyrrole nitrogens is 1. The molecule has 0 bridgehead atoms. The number of hydrogen-bond donors (Lipinski definition) is 2. The summed E-state index contributed by atoms with van der Waals surface area (Å²) in [4.78, 5) is 33.9. The third-order valence-electron chi connectivity index (χ3n) is 4.64. The molecule has 1 amide bonds. The van der Waals surface area contributed by atoms with E-state index in [-0.39, 0.29) is 11.5 Å². The standard InChI is InChI=1S/C22H19N3O3S/c1-13-18-20(26)24-17(12-14-8-6-7-11-16(14)28-2)25-22(18)29-19(13)21(27)23-15-9-4-3-5-10-15/h3-11H,12H2,1-2H3,(H,23,27)(H,24,25,26). The summed E-state index contributed by atoms with van der Waals surface area (Å²) < 4.78 is 5.38. The Kier molecular flexibility index (Phi) is 5.14. The molecule has 0 unspecified atom stereocenters. The number of carbonyl (C=O) groups is 1. The van der Waals surface area contributed by atoms with Crippen LogP contribution in [0.2, 0.25) is 0 Å². The molecule has 29 heavy (non-hydrogen) atoms. The molecule has 6 nitrogen and oxygen atoms in total. The Balaban J connectivity index is 1.69. The van der Waals surface area contributed by atoms with Crippen molar-refractivity contribution < 1.29 is 9.53 Å². The van der Waals surface area contributed by atoms with E-state index in [1.807, 2.05) is 54.6 Å². The van der Waals surface area contributed by atoms with Gasteiger partial charge >= 0.3 is 0 Å². The molecule has 4 aromatic rings. The molecule has 0 radical (unpaired) electrons. The van der Waals surface area contributed by atoms with E-state index in [1.165, 1.54) is 11.3 Å². The number of para-hydroxylation sites is 2. The topological polar surface area (TPSA) is 84.1 Å². The van der Waals surface area contributed by atoms with Crippen LogP contribution in [0.15, 0.2) is 59.4 Å². The number of methoxy groups -OCH3 is 1. The van der Waals surface area contributed by atoms with Crippen molar-refractivity contribution >= 4 is 33.1 Å². The van der Waals surface area contributed by atoms with Crippen LogP contribution in [-0.2, 0) is 6.42 Å². The Labute approximate surface area is 171 Å². The molecule has 4 rings (SSSR count). The fourth-order valence-electron chi connectivity index (χ4n) is 3.23. The SMILES string of the molecule is COc1ccccc1Cc1nc2sc(C(=O)Nc3ccccc3)c(C)c2c(=O)[nH]1. The normalized spacial score (nSPS) is 10.8. The highest BCUT2D eigenvalue weighted by molar-refractivity contribution is 7.20. The summed E-state index contributed by atoms with van der Waals surface area (Å²) in [5.41, 5.74) is 2.02. The Morgan fingerprint density at radius 1 is 1.14 bits per heavy atom. The third kappa shape index (κ3) is 3.77. The summed E-state index contributed by atoms with van der Waals surface area (Å²) in [5.74, 6) is 1.02. The van der Waals surface area contributed by atoms with E-state index in [1.54, 1.807) is 14.0 Å². The zero-order valence-electron chi connectivity index (χ0n) is 16.0. The maximum absolute atomic E-state index is 12.7. The summed E-state index contributed by atoms with van der Waals surface area (Å²) >= 11 is 1.23. The summed E-state index contributed by atoms with van der Waals surface area (Å²) in [7, 11) is 1.61. The molecular weight excluding hydrogens is 386 g/mol. The maximum Gasteiger partial charge on any atom is 0.266 e. The van der Waals surface area contributed by atoms with Crippen LogP contribution in [0.5, 0.6) is 5.75 Å². The second-order valence-corrected chi connectivity index (χ2v) is 7.56. The lowest BCUT2D eigenvalue weighted by Crippen LogP contribution is -2.13. The predicted molar refractivity (Wildman–Crippen MR) is 115 cm³/mol. The number of aryl methyl sites for hydroxylation is 1. The second-order valence-electron chi connectivity index (χ2n) is 6.56. The number of aromatic amines is 1. The Morgan fingerprint density at radius 2 is 1.86 bits per heavy atom. The van der Waals surface area contributed by atoms with E-state index < -0.39 is 0 Å². The molecule has 7 heteroatoms. The number of rotatable bonds is 5. The first kappa shape index (κ1) is 18.9. The van der Waals surface area contributed by atoms with Crippen molar-refractivity contribution in [3.05, 3.63) is 86.8 Å². The number of amides is 1. The van der Waals surface area contributed by atoms with Gasteiger partial charge < -0.3 is 15.0 Å². The lowest BCUT2D eigenvalue weighted by atomic mass is 10.1. The van der Waals surface area contributed by atoms with Gasteiger partial charge in [-0.15, -0.1) is 11.3 Å². The van der Waals surface area contributed by atoms with Crippen molar-refractivity contribution in [1.29, 1.82) is 0 Å². The second kappa shape index (κ2) is 7.89. The van der Waals surface area contributed by atoms with Gasteiger partial charge in [0, 0.05) is 17.7 Å². The Morgan fingerprint density at radius 3 is 2.62 bits per heavy atom.